The van der Waals surface area contributed by atoms with Crippen molar-refractivity contribution < 1.29 is 22.2 Å². The van der Waals surface area contributed by atoms with E-state index in [0.29, 0.717) is 6.42 Å². The first kappa shape index (κ1) is 15.4. The first-order valence-corrected chi connectivity index (χ1v) is 6.17. The molecular formula is C8H15F3N2O2S. The molecule has 0 saturated heterocycles. The second kappa shape index (κ2) is 6.85. The van der Waals surface area contributed by atoms with Crippen LogP contribution in [0.5, 0.6) is 0 Å². The predicted molar refractivity (Wildman–Crippen MR) is 55.2 cm³/mol. The monoisotopic (exact) mass is 260 g/mol. The Morgan fingerprint density at radius 3 is 2.50 bits per heavy atom. The van der Waals surface area contributed by atoms with Crippen molar-refractivity contribution in [2.45, 2.75) is 25.6 Å². The van der Waals surface area contributed by atoms with Gasteiger partial charge in [0.05, 0.1) is 0 Å². The van der Waals surface area contributed by atoms with E-state index in [9.17, 15) is 22.2 Å². The maximum Gasteiger partial charge on any atom is 0.405 e. The van der Waals surface area contributed by atoms with Gasteiger partial charge in [0.2, 0.25) is 5.91 Å². The van der Waals surface area contributed by atoms with Gasteiger partial charge in [-0.1, -0.05) is 6.92 Å². The zero-order valence-corrected chi connectivity index (χ0v) is 9.66. The topological polar surface area (TPSA) is 72.2 Å². The number of hydrogen-bond acceptors (Lipinski definition) is 3. The minimum Gasteiger partial charge on any atom is -0.346 e. The van der Waals surface area contributed by atoms with Crippen LogP contribution in [0, 0.1) is 0 Å². The van der Waals surface area contributed by atoms with Gasteiger partial charge in [0.15, 0.2) is 0 Å². The fourth-order valence-corrected chi connectivity index (χ4v) is 2.04. The first-order valence-electron chi connectivity index (χ1n) is 4.68. The SMILES string of the molecule is CCC(N)CS(=O)CC(=O)NCC(F)(F)F. The maximum absolute atomic E-state index is 11.7. The number of halogens is 3. The van der Waals surface area contributed by atoms with E-state index in [4.69, 9.17) is 5.73 Å². The quantitative estimate of drug-likeness (QED) is 0.714. The molecule has 8 heteroatoms. The molecule has 3 N–H and O–H groups in total. The number of hydrogen-bond donors (Lipinski definition) is 2. The molecule has 16 heavy (non-hydrogen) atoms. The lowest BCUT2D eigenvalue weighted by Crippen LogP contribution is -2.38. The molecule has 96 valence electrons. The Kier molecular flexibility index (Phi) is 6.58. The summed E-state index contributed by atoms with van der Waals surface area (Å²) < 4.78 is 46.4. The summed E-state index contributed by atoms with van der Waals surface area (Å²) in [6, 6.07) is -0.295. The number of rotatable bonds is 6. The lowest BCUT2D eigenvalue weighted by molar-refractivity contribution is -0.136. The molecule has 0 heterocycles. The summed E-state index contributed by atoms with van der Waals surface area (Å²) in [5.41, 5.74) is 5.49. The van der Waals surface area contributed by atoms with Crippen LogP contribution in [0.15, 0.2) is 0 Å². The first-order chi connectivity index (χ1) is 7.24. The Bertz CT molecular complexity index is 258. The highest BCUT2D eigenvalue weighted by Crippen LogP contribution is 2.11. The predicted octanol–water partition coefficient (Wildman–Crippen LogP) is 0.151. The van der Waals surface area contributed by atoms with Crippen molar-refractivity contribution in [2.24, 2.45) is 5.73 Å². The van der Waals surface area contributed by atoms with Crippen LogP contribution in [-0.2, 0) is 15.6 Å². The Morgan fingerprint density at radius 2 is 2.06 bits per heavy atom. The summed E-state index contributed by atoms with van der Waals surface area (Å²) in [5, 5.41) is 1.65. The van der Waals surface area contributed by atoms with E-state index in [1.165, 1.54) is 0 Å². The van der Waals surface area contributed by atoms with Crippen LogP contribution in [0.25, 0.3) is 0 Å². The summed E-state index contributed by atoms with van der Waals surface area (Å²) in [4.78, 5) is 10.9. The average Bonchev–Trinajstić information content (AvgIpc) is 2.13. The molecule has 0 aliphatic rings. The highest BCUT2D eigenvalue weighted by atomic mass is 32.2. The molecule has 0 aromatic heterocycles. The van der Waals surface area contributed by atoms with Crippen molar-refractivity contribution in [3.8, 4) is 0 Å². The van der Waals surface area contributed by atoms with E-state index in [0.717, 1.165) is 0 Å². The second-order valence-corrected chi connectivity index (χ2v) is 4.81. The van der Waals surface area contributed by atoms with Gasteiger partial charge in [-0.05, 0) is 6.42 Å². The Hall–Kier alpha value is -0.630. The normalized spacial score (nSPS) is 15.6. The molecule has 2 unspecified atom stereocenters. The molecule has 1 amide bonds. The second-order valence-electron chi connectivity index (χ2n) is 3.31. The molecule has 0 aliphatic carbocycles. The van der Waals surface area contributed by atoms with Crippen molar-refractivity contribution in [1.29, 1.82) is 0 Å². The third kappa shape index (κ3) is 8.66. The molecule has 2 atom stereocenters. The maximum atomic E-state index is 11.7. The third-order valence-corrected chi connectivity index (χ3v) is 3.09. The molecule has 0 aliphatic heterocycles. The molecule has 0 radical (unpaired) electrons. The Balaban J connectivity index is 3.84. The van der Waals surface area contributed by atoms with Crippen LogP contribution in [0.3, 0.4) is 0 Å². The van der Waals surface area contributed by atoms with Gasteiger partial charge in [0.25, 0.3) is 0 Å². The molecule has 0 aromatic carbocycles. The molecule has 0 fully saturated rings. The summed E-state index contributed by atoms with van der Waals surface area (Å²) in [7, 11) is -1.51. The minimum absolute atomic E-state index is 0.121. The minimum atomic E-state index is -4.45. The van der Waals surface area contributed by atoms with Crippen LogP contribution in [0.2, 0.25) is 0 Å². The Morgan fingerprint density at radius 1 is 1.50 bits per heavy atom. The van der Waals surface area contributed by atoms with Gasteiger partial charge < -0.3 is 11.1 Å². The fraction of sp³-hybridized carbons (Fsp3) is 0.875. The molecule has 0 aromatic rings. The van der Waals surface area contributed by atoms with Gasteiger partial charge in [0, 0.05) is 22.6 Å². The van der Waals surface area contributed by atoms with E-state index >= 15 is 0 Å². The molecular weight excluding hydrogens is 245 g/mol. The molecule has 0 rings (SSSR count). The van der Waals surface area contributed by atoms with E-state index in [1.807, 2.05) is 0 Å². The van der Waals surface area contributed by atoms with Crippen LogP contribution >= 0.6 is 0 Å². The van der Waals surface area contributed by atoms with Gasteiger partial charge in [0.1, 0.15) is 12.3 Å². The lowest BCUT2D eigenvalue weighted by atomic mass is 10.3. The van der Waals surface area contributed by atoms with Crippen molar-refractivity contribution >= 4 is 16.7 Å². The number of nitrogens with one attached hydrogen (secondary N) is 1. The van der Waals surface area contributed by atoms with E-state index < -0.39 is 35.2 Å². The number of amides is 1. The van der Waals surface area contributed by atoms with E-state index in [-0.39, 0.29) is 11.8 Å². The van der Waals surface area contributed by atoms with Gasteiger partial charge in [-0.25, -0.2) is 0 Å². The van der Waals surface area contributed by atoms with Crippen molar-refractivity contribution in [3.05, 3.63) is 0 Å². The van der Waals surface area contributed by atoms with E-state index in [2.05, 4.69) is 0 Å². The van der Waals surface area contributed by atoms with Gasteiger partial charge >= 0.3 is 6.18 Å². The highest BCUT2D eigenvalue weighted by molar-refractivity contribution is 7.85. The zero-order chi connectivity index (χ0) is 12.8. The van der Waals surface area contributed by atoms with Crippen LogP contribution in [0.1, 0.15) is 13.3 Å². The largest absolute Gasteiger partial charge is 0.405 e. The van der Waals surface area contributed by atoms with Crippen molar-refractivity contribution in [2.75, 3.05) is 18.1 Å². The average molecular weight is 260 g/mol. The van der Waals surface area contributed by atoms with E-state index in [1.54, 1.807) is 12.2 Å². The summed E-state index contributed by atoms with van der Waals surface area (Å²) >= 11 is 0. The van der Waals surface area contributed by atoms with Crippen LogP contribution in [-0.4, -0.2) is 40.4 Å². The molecule has 4 nitrogen and oxygen atoms in total. The van der Waals surface area contributed by atoms with Crippen LogP contribution < -0.4 is 11.1 Å². The zero-order valence-electron chi connectivity index (χ0n) is 8.84. The molecule has 0 saturated carbocycles. The lowest BCUT2D eigenvalue weighted by Gasteiger charge is -2.10. The van der Waals surface area contributed by atoms with Gasteiger partial charge in [-0.2, -0.15) is 13.2 Å². The summed E-state index contributed by atoms with van der Waals surface area (Å²) in [5.74, 6) is -1.20. The standard InChI is InChI=1S/C8H15F3N2O2S/c1-2-6(12)3-16(15)4-7(14)13-5-8(9,10)11/h6H,2-5,12H2,1H3,(H,13,14). The smallest absolute Gasteiger partial charge is 0.346 e. The van der Waals surface area contributed by atoms with Gasteiger partial charge in [-0.3, -0.25) is 9.00 Å². The van der Waals surface area contributed by atoms with Crippen LogP contribution in [0.4, 0.5) is 13.2 Å². The third-order valence-electron chi connectivity index (χ3n) is 1.70. The van der Waals surface area contributed by atoms with Crippen molar-refractivity contribution in [3.63, 3.8) is 0 Å². The summed E-state index contributed by atoms with van der Waals surface area (Å²) in [6.07, 6.45) is -3.84. The number of alkyl halides is 3. The number of nitrogens with two attached hydrogens (primary N) is 1. The number of carbonyl (C=O) groups is 1. The molecule has 0 spiro atoms. The fourth-order valence-electron chi connectivity index (χ4n) is 0.812. The number of carbonyl (C=O) groups excluding carboxylic acids is 1. The Labute approximate surface area is 94.2 Å². The van der Waals surface area contributed by atoms with Gasteiger partial charge in [-0.15, -0.1) is 0 Å². The van der Waals surface area contributed by atoms with Crippen molar-refractivity contribution in [1.82, 2.24) is 5.32 Å². The molecule has 0 bridgehead atoms. The highest BCUT2D eigenvalue weighted by Gasteiger charge is 2.27. The summed E-state index contributed by atoms with van der Waals surface area (Å²) in [6.45, 7) is 0.397.